The van der Waals surface area contributed by atoms with E-state index in [2.05, 4.69) is 15.4 Å². The molecule has 0 radical (unpaired) electrons. The molecule has 3 aromatic rings. The van der Waals surface area contributed by atoms with Gasteiger partial charge in [0.15, 0.2) is 0 Å². The smallest absolute Gasteiger partial charge is 0.272 e. The summed E-state index contributed by atoms with van der Waals surface area (Å²) >= 11 is 0. The lowest BCUT2D eigenvalue weighted by molar-refractivity contribution is 0.0234. The molecule has 2 N–H and O–H groups in total. The van der Waals surface area contributed by atoms with Crippen LogP contribution in [0.1, 0.15) is 40.6 Å². The predicted molar refractivity (Wildman–Crippen MR) is 92.1 cm³/mol. The number of carbonyl (C=O) groups excluding carboxylic acids is 1. The van der Waals surface area contributed by atoms with Gasteiger partial charge in [0, 0.05) is 30.7 Å². The molecule has 0 aliphatic heterocycles. The molecule has 3 heterocycles. The van der Waals surface area contributed by atoms with Gasteiger partial charge in [-0.05, 0) is 37.8 Å². The molecule has 0 unspecified atom stereocenters. The first-order chi connectivity index (χ1) is 12.0. The molecule has 1 aliphatic carbocycles. The lowest BCUT2D eigenvalue weighted by Gasteiger charge is -2.37. The van der Waals surface area contributed by atoms with Crippen LogP contribution in [0.25, 0.3) is 5.65 Å². The van der Waals surface area contributed by atoms with Gasteiger partial charge in [-0.3, -0.25) is 9.48 Å². The maximum atomic E-state index is 12.8. The summed E-state index contributed by atoms with van der Waals surface area (Å²) in [5.41, 5.74) is 3.12. The van der Waals surface area contributed by atoms with Crippen LogP contribution in [0.4, 0.5) is 0 Å². The van der Waals surface area contributed by atoms with Crippen molar-refractivity contribution in [1.29, 1.82) is 0 Å². The maximum Gasteiger partial charge on any atom is 0.272 e. The Hall–Kier alpha value is -2.67. The van der Waals surface area contributed by atoms with E-state index in [0.717, 1.165) is 16.9 Å². The largest absolute Gasteiger partial charge is 0.393 e. The number of carbonyl (C=O) groups is 1. The Bertz CT molecular complexity index is 923. The van der Waals surface area contributed by atoms with Crippen LogP contribution in [-0.4, -0.2) is 36.3 Å². The topological polar surface area (TPSA) is 84.5 Å². The highest BCUT2D eigenvalue weighted by atomic mass is 16.3. The van der Waals surface area contributed by atoms with Gasteiger partial charge in [0.25, 0.3) is 5.91 Å². The number of hydrogen-bond donors (Lipinski definition) is 2. The van der Waals surface area contributed by atoms with Crippen molar-refractivity contribution < 1.29 is 9.90 Å². The van der Waals surface area contributed by atoms with E-state index >= 15 is 0 Å². The number of aliphatic hydroxyl groups is 1. The molecular formula is C18H21N5O2. The first-order valence-corrected chi connectivity index (χ1v) is 8.43. The summed E-state index contributed by atoms with van der Waals surface area (Å²) in [6, 6.07) is 5.61. The van der Waals surface area contributed by atoms with Crippen LogP contribution < -0.4 is 5.32 Å². The number of rotatable bonds is 4. The molecule has 7 heteroatoms. The number of aryl methyl sites for hydroxylation is 2. The second-order valence-corrected chi connectivity index (χ2v) is 6.81. The van der Waals surface area contributed by atoms with Gasteiger partial charge >= 0.3 is 0 Å². The summed E-state index contributed by atoms with van der Waals surface area (Å²) < 4.78 is 3.62. The van der Waals surface area contributed by atoms with Crippen molar-refractivity contribution in [2.75, 3.05) is 0 Å². The Labute approximate surface area is 145 Å². The van der Waals surface area contributed by atoms with Crippen molar-refractivity contribution in [3.8, 4) is 0 Å². The maximum absolute atomic E-state index is 12.8. The highest BCUT2D eigenvalue weighted by Gasteiger charge is 2.36. The average molecular weight is 339 g/mol. The Morgan fingerprint density at radius 1 is 1.36 bits per heavy atom. The van der Waals surface area contributed by atoms with Crippen LogP contribution in [0.2, 0.25) is 0 Å². The zero-order chi connectivity index (χ0) is 17.6. The first-order valence-electron chi connectivity index (χ1n) is 8.43. The molecule has 1 saturated carbocycles. The number of nitrogens with zero attached hydrogens (tertiary/aromatic N) is 4. The quantitative estimate of drug-likeness (QED) is 0.756. The molecule has 25 heavy (non-hydrogen) atoms. The fraction of sp³-hybridized carbons (Fsp3) is 0.389. The highest BCUT2D eigenvalue weighted by molar-refractivity contribution is 5.93. The molecule has 0 bridgehead atoms. The number of pyridine rings is 1. The van der Waals surface area contributed by atoms with Crippen LogP contribution in [0.5, 0.6) is 0 Å². The minimum Gasteiger partial charge on any atom is -0.393 e. The van der Waals surface area contributed by atoms with Gasteiger partial charge in [-0.15, -0.1) is 0 Å². The van der Waals surface area contributed by atoms with Gasteiger partial charge < -0.3 is 14.8 Å². The SMILES string of the molecule is Cc1cccc2nc(C(=O)N[C@@H](c3cnn(C)c3)C3CC(O)C3)cn12. The molecule has 1 amide bonds. The number of aromatic nitrogens is 4. The standard InChI is InChI=1S/C18H21N5O2/c1-11-4-3-5-16-20-15(10-23(11)16)18(25)21-17(12-6-14(24)7-12)13-8-19-22(2)9-13/h3-5,8-10,12,14,17,24H,6-7H2,1-2H3,(H,21,25)/t12?,14?,17-/m1/s1. The van der Waals surface area contributed by atoms with Gasteiger partial charge in [0.2, 0.25) is 0 Å². The lowest BCUT2D eigenvalue weighted by Crippen LogP contribution is -2.41. The molecule has 1 fully saturated rings. The highest BCUT2D eigenvalue weighted by Crippen LogP contribution is 2.38. The van der Waals surface area contributed by atoms with Gasteiger partial charge in [-0.25, -0.2) is 4.98 Å². The summed E-state index contributed by atoms with van der Waals surface area (Å²) in [5, 5.41) is 16.9. The molecule has 0 saturated heterocycles. The van der Waals surface area contributed by atoms with Crippen LogP contribution in [0, 0.1) is 12.8 Å². The minimum atomic E-state index is -0.279. The summed E-state index contributed by atoms with van der Waals surface area (Å²) in [6.07, 6.45) is 6.52. The minimum absolute atomic E-state index is 0.171. The first kappa shape index (κ1) is 15.8. The third-order valence-corrected chi connectivity index (χ3v) is 4.92. The van der Waals surface area contributed by atoms with Gasteiger partial charge in [0.05, 0.1) is 18.3 Å². The molecule has 0 spiro atoms. The molecule has 0 aromatic carbocycles. The van der Waals surface area contributed by atoms with Gasteiger partial charge in [-0.1, -0.05) is 6.07 Å². The van der Waals surface area contributed by atoms with Crippen molar-refractivity contribution in [2.45, 2.75) is 31.9 Å². The summed E-state index contributed by atoms with van der Waals surface area (Å²) in [7, 11) is 1.85. The monoisotopic (exact) mass is 339 g/mol. The predicted octanol–water partition coefficient (Wildman–Crippen LogP) is 1.62. The van der Waals surface area contributed by atoms with E-state index in [1.54, 1.807) is 17.1 Å². The summed E-state index contributed by atoms with van der Waals surface area (Å²) in [5.74, 6) is 0.000241. The second kappa shape index (κ2) is 6.00. The molecule has 7 nitrogen and oxygen atoms in total. The van der Waals surface area contributed by atoms with Crippen LogP contribution >= 0.6 is 0 Å². The Balaban J connectivity index is 1.60. The van der Waals surface area contributed by atoms with Crippen LogP contribution in [0.15, 0.2) is 36.8 Å². The van der Waals surface area contributed by atoms with E-state index < -0.39 is 0 Å². The van der Waals surface area contributed by atoms with E-state index in [1.807, 2.05) is 42.8 Å². The van der Waals surface area contributed by atoms with Crippen molar-refractivity contribution in [3.63, 3.8) is 0 Å². The lowest BCUT2D eigenvalue weighted by atomic mass is 9.75. The number of hydrogen-bond acceptors (Lipinski definition) is 4. The van der Waals surface area contributed by atoms with E-state index in [4.69, 9.17) is 0 Å². The fourth-order valence-corrected chi connectivity index (χ4v) is 3.45. The molecule has 130 valence electrons. The van der Waals surface area contributed by atoms with Crippen molar-refractivity contribution >= 4 is 11.6 Å². The van der Waals surface area contributed by atoms with Crippen molar-refractivity contribution in [1.82, 2.24) is 24.5 Å². The molecule has 1 aliphatic rings. The number of imidazole rings is 1. The third kappa shape index (κ3) is 2.91. The number of fused-ring (bicyclic) bond motifs is 1. The fourth-order valence-electron chi connectivity index (χ4n) is 3.45. The Morgan fingerprint density at radius 3 is 2.80 bits per heavy atom. The Morgan fingerprint density at radius 2 is 2.16 bits per heavy atom. The molecule has 3 aromatic heterocycles. The van der Waals surface area contributed by atoms with Gasteiger partial charge in [-0.2, -0.15) is 5.10 Å². The Kier molecular flexibility index (Phi) is 3.80. The van der Waals surface area contributed by atoms with E-state index in [9.17, 15) is 9.90 Å². The summed E-state index contributed by atoms with van der Waals surface area (Å²) in [6.45, 7) is 1.98. The zero-order valence-electron chi connectivity index (χ0n) is 14.3. The number of amides is 1. The summed E-state index contributed by atoms with van der Waals surface area (Å²) in [4.78, 5) is 17.2. The van der Waals surface area contributed by atoms with Crippen LogP contribution in [0.3, 0.4) is 0 Å². The van der Waals surface area contributed by atoms with E-state index in [0.29, 0.717) is 18.5 Å². The molecular weight excluding hydrogens is 318 g/mol. The molecule has 1 atom stereocenters. The number of nitrogens with one attached hydrogen (secondary N) is 1. The van der Waals surface area contributed by atoms with E-state index in [1.165, 1.54) is 0 Å². The zero-order valence-corrected chi connectivity index (χ0v) is 14.3. The molecule has 4 rings (SSSR count). The van der Waals surface area contributed by atoms with Crippen molar-refractivity contribution in [2.24, 2.45) is 13.0 Å². The van der Waals surface area contributed by atoms with E-state index in [-0.39, 0.29) is 24.0 Å². The third-order valence-electron chi connectivity index (χ3n) is 4.92. The normalized spacial score (nSPS) is 21.1. The van der Waals surface area contributed by atoms with Gasteiger partial charge in [0.1, 0.15) is 11.3 Å². The number of aliphatic hydroxyl groups excluding tert-OH is 1. The second-order valence-electron chi connectivity index (χ2n) is 6.81. The average Bonchev–Trinajstić information content (AvgIpc) is 3.17. The van der Waals surface area contributed by atoms with Crippen LogP contribution in [-0.2, 0) is 7.05 Å². The van der Waals surface area contributed by atoms with Crippen molar-refractivity contribution in [3.05, 3.63) is 53.7 Å².